The van der Waals surface area contributed by atoms with Crippen molar-refractivity contribution < 1.29 is 9.53 Å². The second-order valence-corrected chi connectivity index (χ2v) is 8.13. The number of amides is 1. The molecule has 0 saturated carbocycles. The number of nitrogens with one attached hydrogen (secondary N) is 2. The Kier molecular flexibility index (Phi) is 6.53. The van der Waals surface area contributed by atoms with Gasteiger partial charge in [0.05, 0.1) is 5.92 Å². The number of ether oxygens (including phenoxy) is 1. The minimum absolute atomic E-state index is 0.0815. The number of benzene rings is 3. The molecule has 3 aromatic rings. The monoisotopic (exact) mass is 415 g/mol. The van der Waals surface area contributed by atoms with Crippen LogP contribution < -0.4 is 20.3 Å². The van der Waals surface area contributed by atoms with E-state index >= 15 is 0 Å². The van der Waals surface area contributed by atoms with Crippen molar-refractivity contribution in [2.45, 2.75) is 12.5 Å². The van der Waals surface area contributed by atoms with Crippen LogP contribution in [0.2, 0.25) is 0 Å². The Bertz CT molecular complexity index is 985. The molecule has 160 valence electrons. The van der Waals surface area contributed by atoms with Gasteiger partial charge in [-0.15, -0.1) is 0 Å². The van der Waals surface area contributed by atoms with Crippen LogP contribution in [0.4, 0.5) is 5.69 Å². The molecule has 0 unspecified atom stereocenters. The van der Waals surface area contributed by atoms with Gasteiger partial charge in [0.15, 0.2) is 0 Å². The molecule has 5 nitrogen and oxygen atoms in total. The zero-order chi connectivity index (χ0) is 21.6. The number of carbonyl (C=O) groups is 1. The van der Waals surface area contributed by atoms with E-state index in [1.807, 2.05) is 56.6 Å². The summed E-state index contributed by atoms with van der Waals surface area (Å²) in [7, 11) is 4.04. The summed E-state index contributed by atoms with van der Waals surface area (Å²) < 4.78 is 5.88. The zero-order valence-electron chi connectivity index (χ0n) is 18.0. The summed E-state index contributed by atoms with van der Waals surface area (Å²) in [6.45, 7) is 2.03. The smallest absolute Gasteiger partial charge is 0.225 e. The largest absolute Gasteiger partial charge is 0.457 e. The van der Waals surface area contributed by atoms with Crippen LogP contribution in [0.5, 0.6) is 11.5 Å². The van der Waals surface area contributed by atoms with Crippen molar-refractivity contribution in [2.24, 2.45) is 5.92 Å². The van der Waals surface area contributed by atoms with Crippen molar-refractivity contribution in [3.05, 3.63) is 90.0 Å². The number of carbonyl (C=O) groups excluding carboxylic acids is 1. The Morgan fingerprint density at radius 2 is 1.61 bits per heavy atom. The SMILES string of the molecule is CN(C)c1ccc(CNC(=O)[C@@H]2CNC[C@H]2c2ccc(Oc3ccccc3)cc2)cc1. The topological polar surface area (TPSA) is 53.6 Å². The average molecular weight is 416 g/mol. The van der Waals surface area contributed by atoms with Gasteiger partial charge in [-0.3, -0.25) is 4.79 Å². The lowest BCUT2D eigenvalue weighted by Crippen LogP contribution is -2.34. The lowest BCUT2D eigenvalue weighted by Gasteiger charge is -2.19. The summed E-state index contributed by atoms with van der Waals surface area (Å²) in [5.41, 5.74) is 3.40. The molecule has 4 rings (SSSR count). The molecule has 2 atom stereocenters. The van der Waals surface area contributed by atoms with Crippen molar-refractivity contribution in [1.29, 1.82) is 0 Å². The Hall–Kier alpha value is -3.31. The Balaban J connectivity index is 1.36. The van der Waals surface area contributed by atoms with Gasteiger partial charge in [-0.25, -0.2) is 0 Å². The Morgan fingerprint density at radius 1 is 0.935 bits per heavy atom. The maximum Gasteiger partial charge on any atom is 0.225 e. The third kappa shape index (κ3) is 5.25. The summed E-state index contributed by atoms with van der Waals surface area (Å²) in [5.74, 6) is 1.77. The van der Waals surface area contributed by atoms with Crippen molar-refractivity contribution in [1.82, 2.24) is 10.6 Å². The van der Waals surface area contributed by atoms with Gasteiger partial charge in [-0.2, -0.15) is 0 Å². The normalized spacial score (nSPS) is 17.9. The van der Waals surface area contributed by atoms with Crippen LogP contribution in [0.25, 0.3) is 0 Å². The zero-order valence-corrected chi connectivity index (χ0v) is 18.0. The fraction of sp³-hybridized carbons (Fsp3) is 0.269. The van der Waals surface area contributed by atoms with Crippen LogP contribution in [0.3, 0.4) is 0 Å². The van der Waals surface area contributed by atoms with Crippen molar-refractivity contribution in [2.75, 3.05) is 32.1 Å². The standard InChI is InChI=1S/C26H29N3O2/c1-29(2)21-12-8-19(9-13-21)16-28-26(30)25-18-27-17-24(25)20-10-14-23(15-11-20)31-22-6-4-3-5-7-22/h3-15,24-25,27H,16-18H2,1-2H3,(H,28,30)/t24-,25+/m0/s1. The number of hydrogen-bond donors (Lipinski definition) is 2. The summed E-state index contributed by atoms with van der Waals surface area (Å²) >= 11 is 0. The molecule has 0 radical (unpaired) electrons. The molecule has 0 bridgehead atoms. The molecular weight excluding hydrogens is 386 g/mol. The third-order valence-corrected chi connectivity index (χ3v) is 5.76. The molecule has 5 heteroatoms. The minimum atomic E-state index is -0.0815. The predicted molar refractivity (Wildman–Crippen MR) is 125 cm³/mol. The van der Waals surface area contributed by atoms with Crippen LogP contribution in [-0.4, -0.2) is 33.1 Å². The lowest BCUT2D eigenvalue weighted by molar-refractivity contribution is -0.125. The van der Waals surface area contributed by atoms with Crippen molar-refractivity contribution in [3.8, 4) is 11.5 Å². The van der Waals surface area contributed by atoms with Gasteiger partial charge < -0.3 is 20.3 Å². The van der Waals surface area contributed by atoms with E-state index in [2.05, 4.69) is 51.9 Å². The number of rotatable bonds is 7. The Labute approximate surface area is 184 Å². The molecule has 31 heavy (non-hydrogen) atoms. The van der Waals surface area contributed by atoms with E-state index in [4.69, 9.17) is 4.74 Å². The van der Waals surface area contributed by atoms with Gasteiger partial charge in [0.1, 0.15) is 11.5 Å². The van der Waals surface area contributed by atoms with Gasteiger partial charge in [0.25, 0.3) is 0 Å². The van der Waals surface area contributed by atoms with Crippen LogP contribution in [0, 0.1) is 5.92 Å². The first-order chi connectivity index (χ1) is 15.1. The molecule has 0 spiro atoms. The maximum atomic E-state index is 12.9. The van der Waals surface area contributed by atoms with E-state index in [-0.39, 0.29) is 17.7 Å². The molecule has 1 amide bonds. The number of anilines is 1. The van der Waals surface area contributed by atoms with E-state index in [0.717, 1.165) is 34.9 Å². The first kappa shape index (κ1) is 20.9. The van der Waals surface area contributed by atoms with Crippen LogP contribution in [-0.2, 0) is 11.3 Å². The molecule has 1 aliphatic heterocycles. The molecule has 1 heterocycles. The summed E-state index contributed by atoms with van der Waals surface area (Å²) in [4.78, 5) is 15.0. The van der Waals surface area contributed by atoms with Gasteiger partial charge >= 0.3 is 0 Å². The highest BCUT2D eigenvalue weighted by molar-refractivity contribution is 5.80. The first-order valence-electron chi connectivity index (χ1n) is 10.7. The summed E-state index contributed by atoms with van der Waals surface area (Å²) in [6, 6.07) is 26.1. The molecule has 3 aromatic carbocycles. The third-order valence-electron chi connectivity index (χ3n) is 5.76. The fourth-order valence-electron chi connectivity index (χ4n) is 3.94. The Morgan fingerprint density at radius 3 is 2.29 bits per heavy atom. The van der Waals surface area contributed by atoms with Gasteiger partial charge in [0, 0.05) is 45.3 Å². The number of nitrogens with zero attached hydrogens (tertiary/aromatic N) is 1. The molecule has 2 N–H and O–H groups in total. The summed E-state index contributed by atoms with van der Waals surface area (Å²) in [6.07, 6.45) is 0. The number of hydrogen-bond acceptors (Lipinski definition) is 4. The average Bonchev–Trinajstić information content (AvgIpc) is 3.29. The highest BCUT2D eigenvalue weighted by atomic mass is 16.5. The molecule has 0 aromatic heterocycles. The fourth-order valence-corrected chi connectivity index (χ4v) is 3.94. The van der Waals surface area contributed by atoms with E-state index in [1.165, 1.54) is 0 Å². The number of para-hydroxylation sites is 1. The predicted octanol–water partition coefficient (Wildman–Crippen LogP) is 4.16. The lowest BCUT2D eigenvalue weighted by atomic mass is 9.88. The molecule has 0 aliphatic carbocycles. The van der Waals surface area contributed by atoms with E-state index in [1.54, 1.807) is 0 Å². The first-order valence-corrected chi connectivity index (χ1v) is 10.7. The second-order valence-electron chi connectivity index (χ2n) is 8.13. The van der Waals surface area contributed by atoms with Gasteiger partial charge in [-0.05, 0) is 47.5 Å². The van der Waals surface area contributed by atoms with E-state index < -0.39 is 0 Å². The van der Waals surface area contributed by atoms with E-state index in [9.17, 15) is 4.79 Å². The van der Waals surface area contributed by atoms with Crippen molar-refractivity contribution >= 4 is 11.6 Å². The quantitative estimate of drug-likeness (QED) is 0.608. The highest BCUT2D eigenvalue weighted by Crippen LogP contribution is 2.30. The maximum absolute atomic E-state index is 12.9. The highest BCUT2D eigenvalue weighted by Gasteiger charge is 2.33. The van der Waals surface area contributed by atoms with Crippen LogP contribution in [0.15, 0.2) is 78.9 Å². The van der Waals surface area contributed by atoms with Gasteiger partial charge in [0.2, 0.25) is 5.91 Å². The van der Waals surface area contributed by atoms with Gasteiger partial charge in [-0.1, -0.05) is 42.5 Å². The second kappa shape index (κ2) is 9.67. The summed E-state index contributed by atoms with van der Waals surface area (Å²) in [5, 5.41) is 6.49. The molecule has 1 fully saturated rings. The van der Waals surface area contributed by atoms with Crippen LogP contribution in [0.1, 0.15) is 17.0 Å². The molecule has 1 aliphatic rings. The molecular formula is C26H29N3O2. The minimum Gasteiger partial charge on any atom is -0.457 e. The van der Waals surface area contributed by atoms with Crippen LogP contribution >= 0.6 is 0 Å². The van der Waals surface area contributed by atoms with Crippen molar-refractivity contribution in [3.63, 3.8) is 0 Å². The van der Waals surface area contributed by atoms with E-state index in [0.29, 0.717) is 13.1 Å². The molecule has 1 saturated heterocycles.